The van der Waals surface area contributed by atoms with Crippen molar-refractivity contribution in [1.29, 1.82) is 0 Å². The fourth-order valence-electron chi connectivity index (χ4n) is 5.21. The summed E-state index contributed by atoms with van der Waals surface area (Å²) in [6.07, 6.45) is 10.4. The molecule has 4 aromatic rings. The van der Waals surface area contributed by atoms with E-state index in [1.807, 2.05) is 67.8 Å². The smallest absolute Gasteiger partial charge is 0.242 e. The molecule has 1 amide bonds. The molecule has 2 heterocycles. The number of aromatic nitrogens is 4. The molecule has 0 bridgehead atoms. The molecule has 5 rings (SSSR count). The lowest BCUT2D eigenvalue weighted by molar-refractivity contribution is -0.122. The summed E-state index contributed by atoms with van der Waals surface area (Å²) in [6.45, 7) is 0.930. The standard InChI is InChI=1S/C31H35Cl2N7O/c1-40-20-24(19-36-40)27-16-29(39-31(38-27)35-18-23-8-5-9-26(33)14-23)37-28(15-21-6-3-2-4-7-21)30(41)34-17-22-10-12-25(32)13-11-22/h5,8-14,16,19-21,28H,2-4,6-7,15,17-18H2,1H3,(H,34,41)(H2,35,37,38,39)/t28-/m1/s1. The molecule has 0 spiro atoms. The van der Waals surface area contributed by atoms with Crippen LogP contribution in [0.2, 0.25) is 10.0 Å². The second kappa shape index (κ2) is 13.8. The van der Waals surface area contributed by atoms with Crippen molar-refractivity contribution >= 4 is 40.9 Å². The zero-order valence-electron chi connectivity index (χ0n) is 23.1. The molecule has 0 saturated heterocycles. The number of hydrogen-bond donors (Lipinski definition) is 3. The van der Waals surface area contributed by atoms with Crippen molar-refractivity contribution < 1.29 is 4.79 Å². The molecule has 214 valence electrons. The van der Waals surface area contributed by atoms with Gasteiger partial charge in [-0.05, 0) is 47.7 Å². The van der Waals surface area contributed by atoms with E-state index in [2.05, 4.69) is 21.0 Å². The van der Waals surface area contributed by atoms with E-state index in [-0.39, 0.29) is 5.91 Å². The van der Waals surface area contributed by atoms with Gasteiger partial charge >= 0.3 is 0 Å². The second-order valence-electron chi connectivity index (χ2n) is 10.6. The van der Waals surface area contributed by atoms with Crippen molar-refractivity contribution in [3.05, 3.63) is 88.2 Å². The molecule has 41 heavy (non-hydrogen) atoms. The van der Waals surface area contributed by atoms with Crippen LogP contribution in [0.25, 0.3) is 11.3 Å². The van der Waals surface area contributed by atoms with E-state index < -0.39 is 6.04 Å². The lowest BCUT2D eigenvalue weighted by Crippen LogP contribution is -2.41. The van der Waals surface area contributed by atoms with Gasteiger partial charge in [0.1, 0.15) is 11.9 Å². The third-order valence-electron chi connectivity index (χ3n) is 7.38. The Morgan fingerprint density at radius 1 is 0.976 bits per heavy atom. The van der Waals surface area contributed by atoms with Crippen LogP contribution < -0.4 is 16.0 Å². The van der Waals surface area contributed by atoms with Crippen molar-refractivity contribution in [2.45, 2.75) is 57.7 Å². The van der Waals surface area contributed by atoms with Gasteiger partial charge in [0.15, 0.2) is 0 Å². The Labute approximate surface area is 250 Å². The zero-order valence-corrected chi connectivity index (χ0v) is 24.6. The van der Waals surface area contributed by atoms with Gasteiger partial charge in [-0.1, -0.05) is 79.6 Å². The van der Waals surface area contributed by atoms with E-state index in [9.17, 15) is 4.79 Å². The minimum absolute atomic E-state index is 0.0551. The molecular weight excluding hydrogens is 557 g/mol. The molecule has 1 saturated carbocycles. The van der Waals surface area contributed by atoms with Crippen LogP contribution >= 0.6 is 23.2 Å². The van der Waals surface area contributed by atoms with Crippen LogP contribution in [0.5, 0.6) is 0 Å². The van der Waals surface area contributed by atoms with Gasteiger partial charge in [-0.15, -0.1) is 0 Å². The molecule has 0 unspecified atom stereocenters. The van der Waals surface area contributed by atoms with E-state index in [1.165, 1.54) is 19.3 Å². The van der Waals surface area contributed by atoms with Gasteiger partial charge in [-0.2, -0.15) is 10.1 Å². The lowest BCUT2D eigenvalue weighted by Gasteiger charge is -2.27. The minimum Gasteiger partial charge on any atom is -0.358 e. The number of nitrogens with one attached hydrogen (secondary N) is 3. The highest BCUT2D eigenvalue weighted by Gasteiger charge is 2.25. The molecule has 2 aromatic heterocycles. The van der Waals surface area contributed by atoms with Crippen LogP contribution in [0.1, 0.15) is 49.7 Å². The average Bonchev–Trinajstić information content (AvgIpc) is 3.42. The number of amides is 1. The molecular formula is C31H35Cl2N7O. The first-order valence-electron chi connectivity index (χ1n) is 14.1. The molecule has 8 nitrogen and oxygen atoms in total. The lowest BCUT2D eigenvalue weighted by atomic mass is 9.84. The summed E-state index contributed by atoms with van der Waals surface area (Å²) in [5.41, 5.74) is 3.58. The highest BCUT2D eigenvalue weighted by Crippen LogP contribution is 2.29. The van der Waals surface area contributed by atoms with Crippen molar-refractivity contribution in [1.82, 2.24) is 25.1 Å². The summed E-state index contributed by atoms with van der Waals surface area (Å²) < 4.78 is 1.74. The van der Waals surface area contributed by atoms with Gasteiger partial charge in [0, 0.05) is 48.0 Å². The number of rotatable bonds is 11. The summed E-state index contributed by atoms with van der Waals surface area (Å²) in [7, 11) is 1.87. The molecule has 1 atom stereocenters. The van der Waals surface area contributed by atoms with Crippen LogP contribution in [-0.4, -0.2) is 31.7 Å². The Kier molecular flexibility index (Phi) is 9.75. The first-order valence-corrected chi connectivity index (χ1v) is 14.8. The summed E-state index contributed by atoms with van der Waals surface area (Å²) in [5, 5.41) is 15.6. The largest absolute Gasteiger partial charge is 0.358 e. The highest BCUT2D eigenvalue weighted by molar-refractivity contribution is 6.30. The molecule has 0 aliphatic heterocycles. The first kappa shape index (κ1) is 28.9. The molecule has 1 fully saturated rings. The van der Waals surface area contributed by atoms with E-state index >= 15 is 0 Å². The van der Waals surface area contributed by atoms with Crippen LogP contribution in [0.15, 0.2) is 67.0 Å². The summed E-state index contributed by atoms with van der Waals surface area (Å²) in [5.74, 6) is 1.46. The number of carbonyl (C=O) groups excluding carboxylic acids is 1. The quantitative estimate of drug-likeness (QED) is 0.176. The number of anilines is 2. The third kappa shape index (κ3) is 8.44. The van der Waals surface area contributed by atoms with Gasteiger partial charge < -0.3 is 16.0 Å². The van der Waals surface area contributed by atoms with Crippen molar-refractivity contribution in [2.24, 2.45) is 13.0 Å². The number of carbonyl (C=O) groups is 1. The molecule has 1 aliphatic rings. The topological polar surface area (TPSA) is 96.8 Å². The number of nitrogens with zero attached hydrogens (tertiary/aromatic N) is 4. The van der Waals surface area contributed by atoms with Crippen LogP contribution in [0.3, 0.4) is 0 Å². The molecule has 10 heteroatoms. The van der Waals surface area contributed by atoms with E-state index in [0.29, 0.717) is 46.5 Å². The first-order chi connectivity index (χ1) is 19.9. The Hall–Kier alpha value is -3.62. The Bertz CT molecular complexity index is 1450. The van der Waals surface area contributed by atoms with Crippen molar-refractivity contribution in [3.8, 4) is 11.3 Å². The molecule has 2 aromatic carbocycles. The molecule has 0 radical (unpaired) electrons. The molecule has 3 N–H and O–H groups in total. The van der Waals surface area contributed by atoms with Crippen LogP contribution in [0.4, 0.5) is 11.8 Å². The maximum atomic E-state index is 13.6. The van der Waals surface area contributed by atoms with Crippen molar-refractivity contribution in [2.75, 3.05) is 10.6 Å². The van der Waals surface area contributed by atoms with Crippen LogP contribution in [-0.2, 0) is 24.9 Å². The predicted molar refractivity (Wildman–Crippen MR) is 165 cm³/mol. The minimum atomic E-state index is -0.442. The van der Waals surface area contributed by atoms with Crippen LogP contribution in [0, 0.1) is 5.92 Å². The summed E-state index contributed by atoms with van der Waals surface area (Å²) in [4.78, 5) is 23.1. The van der Waals surface area contributed by atoms with E-state index in [4.69, 9.17) is 33.2 Å². The number of benzene rings is 2. The normalized spacial score (nSPS) is 14.4. The average molecular weight is 593 g/mol. The number of hydrogen-bond acceptors (Lipinski definition) is 6. The second-order valence-corrected chi connectivity index (χ2v) is 11.5. The van der Waals surface area contributed by atoms with E-state index in [1.54, 1.807) is 10.9 Å². The fourth-order valence-corrected chi connectivity index (χ4v) is 5.55. The van der Waals surface area contributed by atoms with E-state index in [0.717, 1.165) is 36.0 Å². The van der Waals surface area contributed by atoms with Gasteiger partial charge in [0.25, 0.3) is 0 Å². The van der Waals surface area contributed by atoms with Gasteiger partial charge in [0.2, 0.25) is 11.9 Å². The Morgan fingerprint density at radius 2 is 1.78 bits per heavy atom. The number of aryl methyl sites for hydroxylation is 1. The maximum absolute atomic E-state index is 13.6. The third-order valence-corrected chi connectivity index (χ3v) is 7.87. The summed E-state index contributed by atoms with van der Waals surface area (Å²) in [6, 6.07) is 16.6. The van der Waals surface area contributed by atoms with Crippen molar-refractivity contribution in [3.63, 3.8) is 0 Å². The fraction of sp³-hybridized carbons (Fsp3) is 0.355. The zero-order chi connectivity index (χ0) is 28.6. The Balaban J connectivity index is 1.38. The van der Waals surface area contributed by atoms with Gasteiger partial charge in [-0.3, -0.25) is 9.48 Å². The molecule has 1 aliphatic carbocycles. The maximum Gasteiger partial charge on any atom is 0.242 e. The number of halogens is 2. The van der Waals surface area contributed by atoms with Gasteiger partial charge in [0.05, 0.1) is 11.9 Å². The monoisotopic (exact) mass is 591 g/mol. The van der Waals surface area contributed by atoms with Gasteiger partial charge in [-0.25, -0.2) is 4.98 Å². The Morgan fingerprint density at radius 3 is 2.51 bits per heavy atom. The summed E-state index contributed by atoms with van der Waals surface area (Å²) >= 11 is 12.2. The highest BCUT2D eigenvalue weighted by atomic mass is 35.5. The predicted octanol–water partition coefficient (Wildman–Crippen LogP) is 6.86. The SMILES string of the molecule is Cn1cc(-c2cc(N[C@H](CC3CCCCC3)C(=O)NCc3ccc(Cl)cc3)nc(NCc3cccc(Cl)c3)n2)cn1.